The lowest BCUT2D eigenvalue weighted by Gasteiger charge is -2.32. The number of nitrogens with one attached hydrogen (secondary N) is 2. The minimum atomic E-state index is -1.82. The lowest BCUT2D eigenvalue weighted by atomic mass is 10.1. The number of carboxylic acid groups (broad SMARTS) is 6. The maximum absolute atomic E-state index is 13.4. The minimum absolute atomic E-state index is 0.222. The number of para-hydroxylation sites is 2. The van der Waals surface area contributed by atoms with Gasteiger partial charge in [-0.15, -0.1) is 0 Å². The fourth-order valence-corrected chi connectivity index (χ4v) is 4.94. The van der Waals surface area contributed by atoms with E-state index in [2.05, 4.69) is 41.1 Å². The average molecular weight is 782 g/mol. The lowest BCUT2D eigenvalue weighted by Crippen LogP contribution is -2.41. The monoisotopic (exact) mass is 781 g/mol. The molecular formula is C34H36FN9O12. The van der Waals surface area contributed by atoms with E-state index in [9.17, 15) is 4.39 Å². The Morgan fingerprint density at radius 1 is 0.696 bits per heavy atom. The highest BCUT2D eigenvalue weighted by Crippen LogP contribution is 2.24. The molecule has 0 amide bonds. The molecule has 0 saturated carbocycles. The van der Waals surface area contributed by atoms with Crippen LogP contribution in [0.4, 0.5) is 16.3 Å². The number of piperidine rings is 1. The number of hydrogen-bond acceptors (Lipinski definition) is 13. The molecule has 3 aromatic heterocycles. The second-order valence-electron chi connectivity index (χ2n) is 11.3. The molecule has 0 atom stereocenters. The fraction of sp³-hybridized carbons (Fsp3) is 0.235. The molecule has 1 aliphatic rings. The molecule has 0 spiro atoms. The summed E-state index contributed by atoms with van der Waals surface area (Å²) in [5.74, 6) is -8.96. The molecule has 0 bridgehead atoms. The van der Waals surface area contributed by atoms with Crippen molar-refractivity contribution in [3.05, 3.63) is 90.8 Å². The van der Waals surface area contributed by atoms with Crippen molar-refractivity contribution in [3.8, 4) is 5.95 Å². The highest BCUT2D eigenvalue weighted by molar-refractivity contribution is 6.28. The number of imidazole rings is 2. The van der Waals surface area contributed by atoms with Gasteiger partial charge in [0.05, 0.1) is 17.6 Å². The van der Waals surface area contributed by atoms with Gasteiger partial charge in [-0.1, -0.05) is 24.3 Å². The molecule has 56 heavy (non-hydrogen) atoms. The third-order valence-electron chi connectivity index (χ3n) is 7.50. The third-order valence-corrected chi connectivity index (χ3v) is 7.50. The van der Waals surface area contributed by atoms with E-state index >= 15 is 0 Å². The molecule has 1 fully saturated rings. The summed E-state index contributed by atoms with van der Waals surface area (Å²) in [4.78, 5) is 75.0. The van der Waals surface area contributed by atoms with Crippen LogP contribution in [0, 0.1) is 5.82 Å². The number of carbonyl (C=O) groups is 6. The second kappa shape index (κ2) is 21.3. The number of nitrogens with zero attached hydrogens (tertiary/aromatic N) is 7. The largest absolute Gasteiger partial charge is 0.473 e. The van der Waals surface area contributed by atoms with Gasteiger partial charge in [0.25, 0.3) is 0 Å². The molecule has 296 valence electrons. The highest BCUT2D eigenvalue weighted by Gasteiger charge is 2.22. The van der Waals surface area contributed by atoms with E-state index in [1.807, 2.05) is 41.1 Å². The number of carboxylic acids is 6. The molecular weight excluding hydrogens is 745 g/mol. The number of likely N-dealkylation sites (tertiary alicyclic amines) is 1. The highest BCUT2D eigenvalue weighted by atomic mass is 19.1. The SMILES string of the molecule is Fc1ccc(Cn2c(NC3CCN(CCNc4nccn4-c4ncccn4)CC3)nc3ccccc32)cc1.O=C(O)C(=O)O.O=C(O)C(=O)O.O=C(O)C(=O)O. The lowest BCUT2D eigenvalue weighted by molar-refractivity contribution is -0.159. The normalized spacial score (nSPS) is 12.3. The number of rotatable bonds is 9. The van der Waals surface area contributed by atoms with Crippen LogP contribution in [0.5, 0.6) is 0 Å². The summed E-state index contributed by atoms with van der Waals surface area (Å²) in [6.07, 6.45) is 9.13. The summed E-state index contributed by atoms with van der Waals surface area (Å²) >= 11 is 0. The van der Waals surface area contributed by atoms with Crippen molar-refractivity contribution in [2.24, 2.45) is 0 Å². The van der Waals surface area contributed by atoms with Crippen LogP contribution in [-0.4, -0.2) is 133 Å². The predicted octanol–water partition coefficient (Wildman–Crippen LogP) is 1.65. The fourth-order valence-electron chi connectivity index (χ4n) is 4.94. The zero-order chi connectivity index (χ0) is 41.2. The number of fused-ring (bicyclic) bond motifs is 1. The van der Waals surface area contributed by atoms with E-state index in [-0.39, 0.29) is 5.82 Å². The second-order valence-corrected chi connectivity index (χ2v) is 11.3. The van der Waals surface area contributed by atoms with Gasteiger partial charge in [-0.05, 0) is 48.7 Å². The third kappa shape index (κ3) is 13.8. The summed E-state index contributed by atoms with van der Waals surface area (Å²) in [5.41, 5.74) is 3.07. The molecule has 2 aromatic carbocycles. The van der Waals surface area contributed by atoms with Crippen molar-refractivity contribution in [1.29, 1.82) is 0 Å². The van der Waals surface area contributed by atoms with Crippen molar-refractivity contribution in [3.63, 3.8) is 0 Å². The molecule has 1 aliphatic heterocycles. The van der Waals surface area contributed by atoms with Crippen molar-refractivity contribution >= 4 is 58.7 Å². The van der Waals surface area contributed by atoms with Gasteiger partial charge in [0.15, 0.2) is 0 Å². The first kappa shape index (κ1) is 42.9. The first-order valence-electron chi connectivity index (χ1n) is 16.3. The van der Waals surface area contributed by atoms with Crippen molar-refractivity contribution in [2.75, 3.05) is 36.8 Å². The van der Waals surface area contributed by atoms with Crippen LogP contribution in [0.15, 0.2) is 79.4 Å². The Bertz CT molecular complexity index is 2010. The Morgan fingerprint density at radius 2 is 1.25 bits per heavy atom. The van der Waals surface area contributed by atoms with Crippen LogP contribution in [0.2, 0.25) is 0 Å². The Kier molecular flexibility index (Phi) is 16.3. The summed E-state index contributed by atoms with van der Waals surface area (Å²) in [5, 5.41) is 51.5. The van der Waals surface area contributed by atoms with Crippen molar-refractivity contribution < 1.29 is 63.8 Å². The number of benzene rings is 2. The molecule has 0 unspecified atom stereocenters. The molecule has 6 rings (SSSR count). The molecule has 22 heteroatoms. The molecule has 5 aromatic rings. The van der Waals surface area contributed by atoms with Crippen LogP contribution in [-0.2, 0) is 35.3 Å². The molecule has 4 heterocycles. The topological polar surface area (TPSA) is 313 Å². The van der Waals surface area contributed by atoms with Crippen LogP contribution < -0.4 is 10.6 Å². The number of anilines is 2. The zero-order valence-corrected chi connectivity index (χ0v) is 29.2. The average Bonchev–Trinajstić information content (AvgIpc) is 3.78. The molecule has 21 nitrogen and oxygen atoms in total. The number of hydrogen-bond donors (Lipinski definition) is 8. The van der Waals surface area contributed by atoms with E-state index < -0.39 is 35.8 Å². The quantitative estimate of drug-likeness (QED) is 0.0986. The van der Waals surface area contributed by atoms with Crippen LogP contribution in [0.3, 0.4) is 0 Å². The van der Waals surface area contributed by atoms with Gasteiger partial charge in [-0.2, -0.15) is 0 Å². The van der Waals surface area contributed by atoms with Crippen LogP contribution >= 0.6 is 0 Å². The van der Waals surface area contributed by atoms with Gasteiger partial charge >= 0.3 is 35.8 Å². The van der Waals surface area contributed by atoms with Gasteiger partial charge in [-0.25, -0.2) is 53.1 Å². The predicted molar refractivity (Wildman–Crippen MR) is 192 cm³/mol. The van der Waals surface area contributed by atoms with Gasteiger partial charge in [0.1, 0.15) is 5.82 Å². The molecule has 0 aliphatic carbocycles. The van der Waals surface area contributed by atoms with E-state index in [1.165, 1.54) is 12.1 Å². The van der Waals surface area contributed by atoms with Gasteiger partial charge in [0, 0.05) is 57.0 Å². The maximum atomic E-state index is 13.4. The van der Waals surface area contributed by atoms with Crippen molar-refractivity contribution in [1.82, 2.24) is 34.0 Å². The summed E-state index contributed by atoms with van der Waals surface area (Å²) in [6.45, 7) is 4.37. The smallest absolute Gasteiger partial charge is 0.414 e. The number of halogens is 1. The summed E-state index contributed by atoms with van der Waals surface area (Å²) < 4.78 is 17.5. The first-order chi connectivity index (χ1) is 26.7. The van der Waals surface area contributed by atoms with Gasteiger partial charge in [-0.3, -0.25) is 4.57 Å². The van der Waals surface area contributed by atoms with Crippen LogP contribution in [0.25, 0.3) is 17.0 Å². The molecule has 1 saturated heterocycles. The molecule has 8 N–H and O–H groups in total. The number of aromatic nitrogens is 6. The molecule has 0 radical (unpaired) electrons. The van der Waals surface area contributed by atoms with E-state index in [0.717, 1.165) is 67.5 Å². The van der Waals surface area contributed by atoms with Crippen molar-refractivity contribution in [2.45, 2.75) is 25.4 Å². The number of aliphatic carboxylic acids is 6. The van der Waals surface area contributed by atoms with Gasteiger partial charge < -0.3 is 50.7 Å². The Hall–Kier alpha value is -7.49. The Labute approximate surface area is 315 Å². The van der Waals surface area contributed by atoms with E-state index in [4.69, 9.17) is 64.4 Å². The van der Waals surface area contributed by atoms with Gasteiger partial charge in [0.2, 0.25) is 17.8 Å². The minimum Gasteiger partial charge on any atom is -0.473 e. The Balaban J connectivity index is 0.000000390. The maximum Gasteiger partial charge on any atom is 0.414 e. The van der Waals surface area contributed by atoms with Crippen LogP contribution in [0.1, 0.15) is 18.4 Å². The first-order valence-corrected chi connectivity index (χ1v) is 16.3. The Morgan fingerprint density at radius 3 is 1.80 bits per heavy atom. The summed E-state index contributed by atoms with van der Waals surface area (Å²) in [7, 11) is 0. The zero-order valence-electron chi connectivity index (χ0n) is 29.2. The standard InChI is InChI=1S/C28H30FN9.3C2H2O4/c29-22-8-6-21(7-9-22)20-38-25-5-2-1-4-24(25)35-28(38)34-23-10-16-36(17-11-23)18-14-32-27-33-15-19-37(27)26-30-12-3-13-31-26;3*3-1(4)2(5)6/h1-9,12-13,15,19,23H,10-11,14,16-18,20H2,(H,32,33)(H,34,35);3*(H,3,4)(H,5,6). The van der Waals surface area contributed by atoms with E-state index in [0.29, 0.717) is 18.5 Å². The summed E-state index contributed by atoms with van der Waals surface area (Å²) in [6, 6.07) is 17.0. The van der Waals surface area contributed by atoms with E-state index in [1.54, 1.807) is 24.7 Å².